The van der Waals surface area contributed by atoms with Crippen LogP contribution in [-0.4, -0.2) is 65.4 Å². The number of methoxy groups -OCH3 is 3. The third-order valence-corrected chi connectivity index (χ3v) is 11.5. The van der Waals surface area contributed by atoms with Crippen LogP contribution < -0.4 is 29.0 Å². The maximum atomic E-state index is 14.3. The van der Waals surface area contributed by atoms with Crippen LogP contribution in [-0.2, 0) is 23.8 Å². The Labute approximate surface area is 318 Å². The number of hydrogen-bond donors (Lipinski definition) is 1. The fraction of sp³-hybridized carbons (Fsp3) is 0.372. The van der Waals surface area contributed by atoms with Crippen molar-refractivity contribution in [2.24, 2.45) is 17.8 Å². The molecule has 1 N–H and O–H groups in total. The minimum absolute atomic E-state index is 0.0179. The molecule has 12 nitrogen and oxygen atoms in total. The van der Waals surface area contributed by atoms with Crippen LogP contribution >= 0.6 is 0 Å². The van der Waals surface area contributed by atoms with Crippen molar-refractivity contribution in [3.05, 3.63) is 101 Å². The number of amides is 1. The highest BCUT2D eigenvalue weighted by Crippen LogP contribution is 2.56. The van der Waals surface area contributed by atoms with Crippen molar-refractivity contribution in [3.8, 4) is 39.9 Å². The predicted molar refractivity (Wildman–Crippen MR) is 199 cm³/mol. The van der Waals surface area contributed by atoms with Crippen LogP contribution in [0, 0.1) is 17.8 Å². The lowest BCUT2D eigenvalue weighted by molar-refractivity contribution is -0.158. The lowest BCUT2D eigenvalue weighted by Gasteiger charge is -2.39. The van der Waals surface area contributed by atoms with Gasteiger partial charge in [0.1, 0.15) is 18.8 Å². The summed E-state index contributed by atoms with van der Waals surface area (Å²) >= 11 is 0. The Bertz CT molecular complexity index is 2080. The third-order valence-electron chi connectivity index (χ3n) is 11.5. The molecule has 286 valence electrons. The average Bonchev–Trinajstić information content (AvgIpc) is 3.92. The third kappa shape index (κ3) is 6.23. The molecule has 1 saturated heterocycles. The van der Waals surface area contributed by atoms with Gasteiger partial charge in [-0.2, -0.15) is 0 Å². The molecule has 1 fully saturated rings. The van der Waals surface area contributed by atoms with Gasteiger partial charge in [-0.3, -0.25) is 4.79 Å². The maximum absolute atomic E-state index is 14.3. The van der Waals surface area contributed by atoms with Crippen molar-refractivity contribution in [1.82, 2.24) is 5.32 Å². The molecule has 8 rings (SSSR count). The molecule has 2 aliphatic heterocycles. The van der Waals surface area contributed by atoms with Crippen molar-refractivity contribution in [1.29, 1.82) is 0 Å². The predicted octanol–water partition coefficient (Wildman–Crippen LogP) is 6.91. The number of carbonyl (C=O) groups is 3. The molecule has 0 aromatic heterocycles. The van der Waals surface area contributed by atoms with E-state index in [1.165, 1.54) is 21.3 Å². The van der Waals surface area contributed by atoms with Crippen LogP contribution in [0.4, 0.5) is 4.79 Å². The number of hydrogen-bond acceptors (Lipinski definition) is 11. The monoisotopic (exact) mass is 749 g/mol. The first-order valence-electron chi connectivity index (χ1n) is 18.5. The maximum Gasteiger partial charge on any atom is 0.407 e. The van der Waals surface area contributed by atoms with Gasteiger partial charge in [0.15, 0.2) is 23.0 Å². The summed E-state index contributed by atoms with van der Waals surface area (Å²) in [6.07, 6.45) is -1.07. The molecular weight excluding hydrogens is 706 g/mol. The fourth-order valence-corrected chi connectivity index (χ4v) is 8.58. The lowest BCUT2D eigenvalue weighted by Crippen LogP contribution is -2.47. The van der Waals surface area contributed by atoms with Crippen LogP contribution in [0.2, 0.25) is 0 Å². The smallest absolute Gasteiger partial charge is 0.407 e. The summed E-state index contributed by atoms with van der Waals surface area (Å²) in [6.45, 7) is 3.93. The van der Waals surface area contributed by atoms with Crippen LogP contribution in [0.3, 0.4) is 0 Å². The first kappa shape index (κ1) is 36.1. The van der Waals surface area contributed by atoms with Gasteiger partial charge in [-0.05, 0) is 63.6 Å². The zero-order chi connectivity index (χ0) is 38.4. The summed E-state index contributed by atoms with van der Waals surface area (Å²) in [7, 11) is 4.58. The first-order valence-corrected chi connectivity index (χ1v) is 18.5. The van der Waals surface area contributed by atoms with Gasteiger partial charge in [-0.25, -0.2) is 9.59 Å². The molecule has 55 heavy (non-hydrogen) atoms. The molecule has 0 unspecified atom stereocenters. The van der Waals surface area contributed by atoms with Gasteiger partial charge in [-0.1, -0.05) is 68.8 Å². The number of nitrogens with one attached hydrogen (secondary N) is 1. The Morgan fingerprint density at radius 1 is 0.818 bits per heavy atom. The van der Waals surface area contributed by atoms with Crippen molar-refractivity contribution < 1.29 is 52.3 Å². The summed E-state index contributed by atoms with van der Waals surface area (Å²) in [6, 6.07) is 22.4. The number of fused-ring (bicyclic) bond motifs is 6. The van der Waals surface area contributed by atoms with Gasteiger partial charge < -0.3 is 43.2 Å². The van der Waals surface area contributed by atoms with Gasteiger partial charge in [0.05, 0.1) is 33.9 Å². The molecule has 0 radical (unpaired) electrons. The van der Waals surface area contributed by atoms with E-state index in [4.69, 9.17) is 37.9 Å². The van der Waals surface area contributed by atoms with Gasteiger partial charge in [0.2, 0.25) is 12.5 Å². The molecular formula is C43H43NO11. The molecule has 0 spiro atoms. The number of cyclic esters (lactones) is 1. The lowest BCUT2D eigenvalue weighted by atomic mass is 9.66. The Morgan fingerprint density at radius 3 is 2.04 bits per heavy atom. The van der Waals surface area contributed by atoms with E-state index in [0.717, 1.165) is 22.3 Å². The van der Waals surface area contributed by atoms with Crippen LogP contribution in [0.5, 0.6) is 28.7 Å². The van der Waals surface area contributed by atoms with E-state index in [9.17, 15) is 14.4 Å². The Morgan fingerprint density at radius 2 is 1.44 bits per heavy atom. The molecule has 0 bridgehead atoms. The normalized spacial score (nSPS) is 21.2. The number of carbonyl (C=O) groups excluding carboxylic acids is 3. The molecule has 6 atom stereocenters. The zero-order valence-electron chi connectivity index (χ0n) is 31.3. The standard InChI is InChI=1S/C43H43NO11/c1-6-22(2)38(44-43(47)52-19-30-26-13-9-7-11-24(26)25-12-8-10-14-27(25)30)42(46)55-39-29-18-33-32(53-21-54-33)17-28(29)36(37-31(39)20-51-41(37)45)23-15-34(48-3)40(50-5)35(16-23)49-4/h7-18,22,30-31,36-39H,6,19-21H2,1-5H3,(H,44,47)/t22-,31-,36+,37+,38-,39-/m0/s1. The molecule has 1 amide bonds. The van der Waals surface area contributed by atoms with Gasteiger partial charge in [-0.15, -0.1) is 0 Å². The van der Waals surface area contributed by atoms with Crippen LogP contribution in [0.15, 0.2) is 72.8 Å². The topological polar surface area (TPSA) is 137 Å². The highest BCUT2D eigenvalue weighted by molar-refractivity contribution is 5.83. The second-order valence-electron chi connectivity index (χ2n) is 14.3. The van der Waals surface area contributed by atoms with Crippen LogP contribution in [0.25, 0.3) is 11.1 Å². The fourth-order valence-electron chi connectivity index (χ4n) is 8.58. The van der Waals surface area contributed by atoms with E-state index >= 15 is 0 Å². The van der Waals surface area contributed by atoms with Crippen molar-refractivity contribution in [2.45, 2.75) is 44.2 Å². The number of rotatable bonds is 11. The van der Waals surface area contributed by atoms with Crippen molar-refractivity contribution in [3.63, 3.8) is 0 Å². The Hall–Kier alpha value is -5.91. The summed E-state index contributed by atoms with van der Waals surface area (Å²) < 4.78 is 46.4. The molecule has 12 heteroatoms. The number of esters is 2. The zero-order valence-corrected chi connectivity index (χ0v) is 31.3. The van der Waals surface area contributed by atoms with Gasteiger partial charge >= 0.3 is 18.0 Å². The van der Waals surface area contributed by atoms with E-state index in [1.54, 1.807) is 6.07 Å². The average molecular weight is 750 g/mol. The number of benzene rings is 4. The van der Waals surface area contributed by atoms with Crippen molar-refractivity contribution >= 4 is 18.0 Å². The second kappa shape index (κ2) is 14.7. The minimum Gasteiger partial charge on any atom is -0.493 e. The molecule has 4 aliphatic rings. The molecule has 4 aromatic carbocycles. The Balaban J connectivity index is 1.09. The van der Waals surface area contributed by atoms with E-state index < -0.39 is 47.9 Å². The SMILES string of the molecule is CC[C@H](C)[C@H](NC(=O)OCC1c2ccccc2-c2ccccc21)C(=O)O[C@H]1c2cc3c(cc2[C@@H](c2cc(OC)c(OC)c(OC)c2)[C@@H]2C(=O)OC[C@@H]21)OCO3. The summed E-state index contributed by atoms with van der Waals surface area (Å²) in [5.74, 6) is -1.16. The molecule has 2 heterocycles. The number of ether oxygens (including phenoxy) is 8. The largest absolute Gasteiger partial charge is 0.493 e. The quantitative estimate of drug-likeness (QED) is 0.127. The summed E-state index contributed by atoms with van der Waals surface area (Å²) in [5.41, 5.74) is 6.44. The second-order valence-corrected chi connectivity index (χ2v) is 14.3. The number of alkyl carbamates (subject to hydrolysis) is 1. The van der Waals surface area contributed by atoms with Gasteiger partial charge in [0.25, 0.3) is 0 Å². The molecule has 0 saturated carbocycles. The molecule has 4 aromatic rings. The van der Waals surface area contributed by atoms with E-state index in [0.29, 0.717) is 51.9 Å². The van der Waals surface area contributed by atoms with E-state index in [-0.39, 0.29) is 31.8 Å². The minimum atomic E-state index is -1.04. The summed E-state index contributed by atoms with van der Waals surface area (Å²) in [5, 5.41) is 2.82. The van der Waals surface area contributed by atoms with Crippen molar-refractivity contribution in [2.75, 3.05) is 41.3 Å². The molecule has 2 aliphatic carbocycles. The summed E-state index contributed by atoms with van der Waals surface area (Å²) in [4.78, 5) is 41.5. The first-order chi connectivity index (χ1) is 26.8. The highest BCUT2D eigenvalue weighted by Gasteiger charge is 2.54. The highest BCUT2D eigenvalue weighted by atomic mass is 16.7. The van der Waals surface area contributed by atoms with E-state index in [1.807, 2.05) is 68.4 Å². The van der Waals surface area contributed by atoms with E-state index in [2.05, 4.69) is 17.4 Å². The Kier molecular flexibility index (Phi) is 9.66. The van der Waals surface area contributed by atoms with Gasteiger partial charge in [0, 0.05) is 23.3 Å². The van der Waals surface area contributed by atoms with Crippen LogP contribution in [0.1, 0.15) is 66.0 Å².